The second-order valence-corrected chi connectivity index (χ2v) is 5.98. The van der Waals surface area contributed by atoms with Crippen molar-refractivity contribution in [2.75, 3.05) is 6.61 Å². The number of carbonyl (C=O) groups is 2. The first-order valence-electron chi connectivity index (χ1n) is 8.71. The molecule has 1 aromatic carbocycles. The summed E-state index contributed by atoms with van der Waals surface area (Å²) in [4.78, 5) is 21.2. The molecule has 0 saturated carbocycles. The number of aliphatic carboxylic acids is 2. The Morgan fingerprint density at radius 1 is 0.917 bits per heavy atom. The summed E-state index contributed by atoms with van der Waals surface area (Å²) in [6.07, 6.45) is 6.00. The molecule has 5 heteroatoms. The van der Waals surface area contributed by atoms with Gasteiger partial charge in [0.2, 0.25) is 0 Å². The van der Waals surface area contributed by atoms with E-state index in [0.717, 1.165) is 37.9 Å². The molecular weight excluding hydrogens is 308 g/mol. The van der Waals surface area contributed by atoms with Crippen molar-refractivity contribution in [2.24, 2.45) is 0 Å². The molecule has 0 unspecified atom stereocenters. The average molecular weight is 336 g/mol. The summed E-state index contributed by atoms with van der Waals surface area (Å²) in [7, 11) is 0. The lowest BCUT2D eigenvalue weighted by Crippen LogP contribution is -2.01. The lowest BCUT2D eigenvalue weighted by atomic mass is 9.96. The third-order valence-corrected chi connectivity index (χ3v) is 3.82. The van der Waals surface area contributed by atoms with Crippen molar-refractivity contribution in [1.29, 1.82) is 0 Å². The zero-order chi connectivity index (χ0) is 17.8. The van der Waals surface area contributed by atoms with Crippen molar-refractivity contribution in [2.45, 2.75) is 64.7 Å². The fraction of sp³-hybridized carbons (Fsp3) is 0.579. The van der Waals surface area contributed by atoms with E-state index in [0.29, 0.717) is 19.4 Å². The van der Waals surface area contributed by atoms with Crippen LogP contribution < -0.4 is 4.74 Å². The Morgan fingerprint density at radius 2 is 1.50 bits per heavy atom. The minimum Gasteiger partial charge on any atom is -0.494 e. The van der Waals surface area contributed by atoms with Crippen molar-refractivity contribution >= 4 is 11.9 Å². The largest absolute Gasteiger partial charge is 0.494 e. The molecule has 0 bridgehead atoms. The Balaban J connectivity index is 2.64. The molecule has 134 valence electrons. The molecular formula is C19H28O5. The van der Waals surface area contributed by atoms with Gasteiger partial charge in [0.15, 0.2) is 0 Å². The van der Waals surface area contributed by atoms with Gasteiger partial charge in [-0.3, -0.25) is 9.59 Å². The normalized spacial score (nSPS) is 10.5. The molecule has 0 fully saturated rings. The maximum atomic E-state index is 10.6. The van der Waals surface area contributed by atoms with Crippen LogP contribution in [0.2, 0.25) is 0 Å². The number of carboxylic acids is 2. The zero-order valence-corrected chi connectivity index (χ0v) is 14.4. The molecule has 24 heavy (non-hydrogen) atoms. The van der Waals surface area contributed by atoms with E-state index in [1.807, 2.05) is 12.1 Å². The van der Waals surface area contributed by atoms with Crippen LogP contribution in [0.3, 0.4) is 0 Å². The topological polar surface area (TPSA) is 83.8 Å². The standard InChI is InChI=1S/C19H28O5/c1-2-13-24-17-12-11-15(7-3-5-9-18(20)21)16(14-17)8-4-6-10-19(22)23/h11-12,14H,2-10,13H2,1H3,(H,20,21)(H,22,23). The van der Waals surface area contributed by atoms with E-state index in [-0.39, 0.29) is 12.8 Å². The number of carboxylic acid groups (broad SMARTS) is 2. The van der Waals surface area contributed by atoms with Crippen molar-refractivity contribution in [3.8, 4) is 5.75 Å². The molecule has 0 atom stereocenters. The molecule has 1 rings (SSSR count). The predicted molar refractivity (Wildman–Crippen MR) is 92.6 cm³/mol. The fourth-order valence-corrected chi connectivity index (χ4v) is 2.57. The average Bonchev–Trinajstić information content (AvgIpc) is 2.54. The van der Waals surface area contributed by atoms with Crippen molar-refractivity contribution in [3.05, 3.63) is 29.3 Å². The molecule has 0 aliphatic carbocycles. The number of hydrogen-bond acceptors (Lipinski definition) is 3. The van der Waals surface area contributed by atoms with E-state index in [4.69, 9.17) is 14.9 Å². The molecule has 0 aliphatic heterocycles. The zero-order valence-electron chi connectivity index (χ0n) is 14.4. The summed E-state index contributed by atoms with van der Waals surface area (Å²) in [6, 6.07) is 6.06. The molecule has 0 radical (unpaired) electrons. The van der Waals surface area contributed by atoms with Gasteiger partial charge in [-0.2, -0.15) is 0 Å². The molecule has 0 heterocycles. The number of hydrogen-bond donors (Lipinski definition) is 2. The quantitative estimate of drug-likeness (QED) is 0.530. The summed E-state index contributed by atoms with van der Waals surface area (Å²) in [5.41, 5.74) is 2.39. The second kappa shape index (κ2) is 11.5. The highest BCUT2D eigenvalue weighted by Crippen LogP contribution is 2.22. The van der Waals surface area contributed by atoms with Crippen molar-refractivity contribution in [3.63, 3.8) is 0 Å². The number of rotatable bonds is 13. The lowest BCUT2D eigenvalue weighted by molar-refractivity contribution is -0.138. The van der Waals surface area contributed by atoms with Gasteiger partial charge in [-0.1, -0.05) is 13.0 Å². The van der Waals surface area contributed by atoms with Crippen molar-refractivity contribution in [1.82, 2.24) is 0 Å². The Labute approximate surface area is 143 Å². The van der Waals surface area contributed by atoms with Crippen LogP contribution in [-0.2, 0) is 22.4 Å². The molecule has 0 amide bonds. The molecule has 0 spiro atoms. The molecule has 0 aromatic heterocycles. The Bertz CT molecular complexity index is 524. The third kappa shape index (κ3) is 8.56. The summed E-state index contributed by atoms with van der Waals surface area (Å²) >= 11 is 0. The lowest BCUT2D eigenvalue weighted by Gasteiger charge is -2.13. The van der Waals surface area contributed by atoms with Gasteiger partial charge >= 0.3 is 11.9 Å². The number of aryl methyl sites for hydroxylation is 2. The van der Waals surface area contributed by atoms with E-state index >= 15 is 0 Å². The third-order valence-electron chi connectivity index (χ3n) is 3.82. The maximum Gasteiger partial charge on any atom is 0.303 e. The Morgan fingerprint density at radius 3 is 2.04 bits per heavy atom. The van der Waals surface area contributed by atoms with Gasteiger partial charge in [0.05, 0.1) is 6.61 Å². The Hall–Kier alpha value is -2.04. The van der Waals surface area contributed by atoms with Crippen LogP contribution in [0.15, 0.2) is 18.2 Å². The first-order chi connectivity index (χ1) is 11.5. The molecule has 1 aromatic rings. The van der Waals surface area contributed by atoms with E-state index in [1.54, 1.807) is 0 Å². The van der Waals surface area contributed by atoms with Crippen LogP contribution >= 0.6 is 0 Å². The van der Waals surface area contributed by atoms with Gasteiger partial charge < -0.3 is 14.9 Å². The maximum absolute atomic E-state index is 10.6. The van der Waals surface area contributed by atoms with Crippen LogP contribution in [0, 0.1) is 0 Å². The van der Waals surface area contributed by atoms with Gasteiger partial charge in [0.25, 0.3) is 0 Å². The van der Waals surface area contributed by atoms with E-state index in [1.165, 1.54) is 11.1 Å². The molecule has 0 saturated heterocycles. The first kappa shape index (κ1) is 20.0. The minimum atomic E-state index is -0.760. The van der Waals surface area contributed by atoms with Gasteiger partial charge in [0.1, 0.15) is 5.75 Å². The highest BCUT2D eigenvalue weighted by molar-refractivity contribution is 5.66. The smallest absolute Gasteiger partial charge is 0.303 e. The van der Waals surface area contributed by atoms with Gasteiger partial charge in [-0.15, -0.1) is 0 Å². The monoisotopic (exact) mass is 336 g/mol. The van der Waals surface area contributed by atoms with Crippen LogP contribution in [-0.4, -0.2) is 28.8 Å². The molecule has 5 nitrogen and oxygen atoms in total. The number of ether oxygens (including phenoxy) is 1. The van der Waals surface area contributed by atoms with Crippen LogP contribution in [0.25, 0.3) is 0 Å². The number of benzene rings is 1. The number of unbranched alkanes of at least 4 members (excludes halogenated alkanes) is 2. The summed E-state index contributed by atoms with van der Waals surface area (Å²) in [6.45, 7) is 2.74. The van der Waals surface area contributed by atoms with Crippen molar-refractivity contribution < 1.29 is 24.5 Å². The summed E-state index contributed by atoms with van der Waals surface area (Å²) in [5.74, 6) is -0.671. The SMILES string of the molecule is CCCOc1ccc(CCCCC(=O)O)c(CCCCC(=O)O)c1. The molecule has 0 aliphatic rings. The highest BCUT2D eigenvalue weighted by atomic mass is 16.5. The second-order valence-electron chi connectivity index (χ2n) is 5.98. The predicted octanol–water partition coefficient (Wildman–Crippen LogP) is 4.07. The van der Waals surface area contributed by atoms with Gasteiger partial charge in [-0.05, 0) is 68.2 Å². The minimum absolute atomic E-state index is 0.194. The first-order valence-corrected chi connectivity index (χ1v) is 8.71. The highest BCUT2D eigenvalue weighted by Gasteiger charge is 2.07. The van der Waals surface area contributed by atoms with Gasteiger partial charge in [0, 0.05) is 12.8 Å². The van der Waals surface area contributed by atoms with Gasteiger partial charge in [-0.25, -0.2) is 0 Å². The summed E-state index contributed by atoms with van der Waals surface area (Å²) in [5, 5.41) is 17.4. The fourth-order valence-electron chi connectivity index (χ4n) is 2.57. The van der Waals surface area contributed by atoms with E-state index < -0.39 is 11.9 Å². The van der Waals surface area contributed by atoms with Crippen LogP contribution in [0.4, 0.5) is 0 Å². The van der Waals surface area contributed by atoms with E-state index in [2.05, 4.69) is 13.0 Å². The van der Waals surface area contributed by atoms with Crippen LogP contribution in [0.1, 0.15) is 63.0 Å². The van der Waals surface area contributed by atoms with Crippen LogP contribution in [0.5, 0.6) is 5.75 Å². The van der Waals surface area contributed by atoms with E-state index in [9.17, 15) is 9.59 Å². The summed E-state index contributed by atoms with van der Waals surface area (Å²) < 4.78 is 5.68. The Kier molecular flexibility index (Phi) is 9.58. The molecule has 2 N–H and O–H groups in total.